The lowest BCUT2D eigenvalue weighted by atomic mass is 9.82. The zero-order valence-corrected chi connectivity index (χ0v) is 15.2. The maximum Gasteiger partial charge on any atom is 0.191 e. The molecular weight excluding hydrogens is 361 g/mol. The number of hydrogen-bond acceptors (Lipinski definition) is 1. The lowest BCUT2D eigenvalue weighted by molar-refractivity contribution is 0.289. The van der Waals surface area contributed by atoms with Gasteiger partial charge in [-0.15, -0.1) is 24.0 Å². The van der Waals surface area contributed by atoms with Gasteiger partial charge in [0.2, 0.25) is 0 Å². The molecule has 1 fully saturated rings. The highest BCUT2D eigenvalue weighted by atomic mass is 127. The fraction of sp³-hybridized carbons (Fsp3) is 0.812. The van der Waals surface area contributed by atoms with E-state index in [4.69, 9.17) is 4.99 Å². The van der Waals surface area contributed by atoms with Crippen molar-refractivity contribution in [3.63, 3.8) is 0 Å². The second-order valence-electron chi connectivity index (χ2n) is 6.14. The van der Waals surface area contributed by atoms with Gasteiger partial charge < -0.3 is 10.6 Å². The van der Waals surface area contributed by atoms with E-state index in [-0.39, 0.29) is 24.0 Å². The number of nitrogens with zero attached hydrogens (tertiary/aromatic N) is 1. The molecule has 2 aliphatic rings. The van der Waals surface area contributed by atoms with Gasteiger partial charge in [-0.05, 0) is 44.4 Å². The third-order valence-electron chi connectivity index (χ3n) is 4.25. The van der Waals surface area contributed by atoms with Crippen molar-refractivity contribution in [2.45, 2.75) is 58.4 Å². The van der Waals surface area contributed by atoms with E-state index in [0.29, 0.717) is 6.04 Å². The molecule has 2 rings (SSSR count). The minimum absolute atomic E-state index is 0. The summed E-state index contributed by atoms with van der Waals surface area (Å²) in [6.45, 7) is 6.43. The predicted molar refractivity (Wildman–Crippen MR) is 97.8 cm³/mol. The van der Waals surface area contributed by atoms with Crippen LogP contribution < -0.4 is 10.6 Å². The van der Waals surface area contributed by atoms with Crippen molar-refractivity contribution in [1.82, 2.24) is 10.6 Å². The quantitative estimate of drug-likeness (QED) is 0.332. The summed E-state index contributed by atoms with van der Waals surface area (Å²) in [4.78, 5) is 4.80. The Morgan fingerprint density at radius 1 is 1.25 bits per heavy atom. The van der Waals surface area contributed by atoms with Crippen molar-refractivity contribution < 1.29 is 0 Å². The topological polar surface area (TPSA) is 36.4 Å². The molecule has 116 valence electrons. The van der Waals surface area contributed by atoms with Gasteiger partial charge in [0.05, 0.1) is 0 Å². The Hall–Kier alpha value is -0.260. The Bertz CT molecular complexity index is 320. The Balaban J connectivity index is 0.00000200. The van der Waals surface area contributed by atoms with Crippen molar-refractivity contribution in [2.75, 3.05) is 13.1 Å². The zero-order chi connectivity index (χ0) is 13.5. The van der Waals surface area contributed by atoms with Crippen molar-refractivity contribution in [3.8, 4) is 0 Å². The third-order valence-corrected chi connectivity index (χ3v) is 4.25. The smallest absolute Gasteiger partial charge is 0.191 e. The van der Waals surface area contributed by atoms with Crippen LogP contribution in [0.3, 0.4) is 0 Å². The molecule has 2 unspecified atom stereocenters. The highest BCUT2D eigenvalue weighted by Gasteiger charge is 2.19. The molecule has 0 radical (unpaired) electrons. The average molecular weight is 391 g/mol. The average Bonchev–Trinajstić information content (AvgIpc) is 2.89. The van der Waals surface area contributed by atoms with Crippen LogP contribution in [0.15, 0.2) is 17.1 Å². The van der Waals surface area contributed by atoms with Crippen molar-refractivity contribution in [2.24, 2.45) is 16.8 Å². The van der Waals surface area contributed by atoms with Gasteiger partial charge in [0.25, 0.3) is 0 Å². The number of nitrogens with one attached hydrogen (secondary N) is 2. The van der Waals surface area contributed by atoms with Gasteiger partial charge in [-0.3, -0.25) is 4.99 Å². The summed E-state index contributed by atoms with van der Waals surface area (Å²) in [6.07, 6.45) is 12.3. The lowest BCUT2D eigenvalue weighted by Gasteiger charge is -2.26. The molecule has 0 saturated heterocycles. The summed E-state index contributed by atoms with van der Waals surface area (Å²) in [5.74, 6) is 2.69. The van der Waals surface area contributed by atoms with Gasteiger partial charge in [-0.1, -0.05) is 31.9 Å². The van der Waals surface area contributed by atoms with Crippen LogP contribution in [0.1, 0.15) is 52.4 Å². The van der Waals surface area contributed by atoms with Gasteiger partial charge >= 0.3 is 0 Å². The zero-order valence-electron chi connectivity index (χ0n) is 12.9. The van der Waals surface area contributed by atoms with E-state index in [1.807, 2.05) is 0 Å². The Morgan fingerprint density at radius 2 is 2.00 bits per heavy atom. The second-order valence-corrected chi connectivity index (χ2v) is 6.14. The molecular formula is C16H30IN3. The van der Waals surface area contributed by atoms with Gasteiger partial charge in [0.15, 0.2) is 5.96 Å². The minimum Gasteiger partial charge on any atom is -0.357 e. The summed E-state index contributed by atoms with van der Waals surface area (Å²) in [6, 6.07) is 0.545. The van der Waals surface area contributed by atoms with Gasteiger partial charge in [-0.25, -0.2) is 0 Å². The number of halogens is 1. The van der Waals surface area contributed by atoms with E-state index < -0.39 is 0 Å². The van der Waals surface area contributed by atoms with Crippen LogP contribution in [0.4, 0.5) is 0 Å². The largest absolute Gasteiger partial charge is 0.357 e. The number of hydrogen-bond donors (Lipinski definition) is 2. The standard InChI is InChI=1S/C16H29N3.HI/c1-3-17-16(19-15-9-4-5-10-15)18-12-14-8-6-7-13(2)11-14;/h4-5,13-15H,3,6-12H2,1-2H3,(H2,17,18,19);1H. The van der Waals surface area contributed by atoms with E-state index in [0.717, 1.165) is 43.7 Å². The first-order chi connectivity index (χ1) is 9.28. The molecule has 0 aromatic carbocycles. The molecule has 0 spiro atoms. The summed E-state index contributed by atoms with van der Waals surface area (Å²) in [5.41, 5.74) is 0. The van der Waals surface area contributed by atoms with Crippen LogP contribution in [-0.4, -0.2) is 25.1 Å². The molecule has 0 aromatic heterocycles. The first-order valence-corrected chi connectivity index (χ1v) is 7.97. The summed E-state index contributed by atoms with van der Waals surface area (Å²) in [5, 5.41) is 6.92. The van der Waals surface area contributed by atoms with Gasteiger partial charge in [-0.2, -0.15) is 0 Å². The molecule has 20 heavy (non-hydrogen) atoms. The first-order valence-electron chi connectivity index (χ1n) is 7.97. The van der Waals surface area contributed by atoms with Crippen LogP contribution >= 0.6 is 24.0 Å². The molecule has 2 atom stereocenters. The normalized spacial score (nSPS) is 27.2. The number of rotatable bonds is 4. The second kappa shape index (κ2) is 9.64. The Kier molecular flexibility index (Phi) is 8.57. The molecule has 2 N–H and O–H groups in total. The lowest BCUT2D eigenvalue weighted by Crippen LogP contribution is -2.42. The molecule has 0 aromatic rings. The van der Waals surface area contributed by atoms with E-state index in [1.165, 1.54) is 25.7 Å². The first kappa shape index (κ1) is 17.8. The number of aliphatic imine (C=N–C) groups is 1. The van der Waals surface area contributed by atoms with Gasteiger partial charge in [0.1, 0.15) is 0 Å². The fourth-order valence-electron chi connectivity index (χ4n) is 3.19. The third kappa shape index (κ3) is 6.02. The molecule has 0 heterocycles. The van der Waals surface area contributed by atoms with E-state index >= 15 is 0 Å². The Morgan fingerprint density at radius 3 is 2.65 bits per heavy atom. The summed E-state index contributed by atoms with van der Waals surface area (Å²) >= 11 is 0. The molecule has 2 aliphatic carbocycles. The predicted octanol–water partition coefficient (Wildman–Crippen LogP) is 3.70. The van der Waals surface area contributed by atoms with Crippen molar-refractivity contribution >= 4 is 29.9 Å². The van der Waals surface area contributed by atoms with Crippen LogP contribution in [0.5, 0.6) is 0 Å². The Labute approximate surface area is 141 Å². The molecule has 4 heteroatoms. The highest BCUT2D eigenvalue weighted by Crippen LogP contribution is 2.28. The van der Waals surface area contributed by atoms with Crippen LogP contribution in [0.2, 0.25) is 0 Å². The van der Waals surface area contributed by atoms with E-state index in [2.05, 4.69) is 36.6 Å². The molecule has 1 saturated carbocycles. The highest BCUT2D eigenvalue weighted by molar-refractivity contribution is 14.0. The summed E-state index contributed by atoms with van der Waals surface area (Å²) in [7, 11) is 0. The van der Waals surface area contributed by atoms with Crippen LogP contribution in [0, 0.1) is 11.8 Å². The molecule has 3 nitrogen and oxygen atoms in total. The molecule has 0 bridgehead atoms. The van der Waals surface area contributed by atoms with Crippen LogP contribution in [0.25, 0.3) is 0 Å². The van der Waals surface area contributed by atoms with Crippen molar-refractivity contribution in [3.05, 3.63) is 12.2 Å². The maximum atomic E-state index is 4.80. The van der Waals surface area contributed by atoms with Crippen molar-refractivity contribution in [1.29, 1.82) is 0 Å². The molecule has 0 amide bonds. The maximum absolute atomic E-state index is 4.80. The minimum atomic E-state index is 0. The van der Waals surface area contributed by atoms with E-state index in [1.54, 1.807) is 0 Å². The monoisotopic (exact) mass is 391 g/mol. The summed E-state index contributed by atoms with van der Waals surface area (Å²) < 4.78 is 0. The van der Waals surface area contributed by atoms with Crippen LogP contribution in [-0.2, 0) is 0 Å². The number of guanidine groups is 1. The van der Waals surface area contributed by atoms with Gasteiger partial charge in [0, 0.05) is 19.1 Å². The molecule has 0 aliphatic heterocycles. The SMILES string of the molecule is CCNC(=NCC1CCCC(C)C1)NC1CC=CC1.I. The van der Waals surface area contributed by atoms with E-state index in [9.17, 15) is 0 Å². The fourth-order valence-corrected chi connectivity index (χ4v) is 3.19.